The molecule has 3 rings (SSSR count). The molecule has 1 aliphatic rings. The van der Waals surface area contributed by atoms with Gasteiger partial charge in [0, 0.05) is 5.70 Å². The number of allylic oxidation sites excluding steroid dienone is 1. The Hall–Kier alpha value is -3.27. The molecular formula is C22H21F3N2O4S. The second-order valence-electron chi connectivity index (χ2n) is 6.96. The van der Waals surface area contributed by atoms with Crippen molar-refractivity contribution in [2.45, 2.75) is 25.7 Å². The molecule has 2 N–H and O–H groups in total. The molecule has 0 aromatic heterocycles. The van der Waals surface area contributed by atoms with E-state index in [1.807, 2.05) is 0 Å². The lowest BCUT2D eigenvalue weighted by Crippen LogP contribution is -2.45. The first-order valence-electron chi connectivity index (χ1n) is 9.47. The molecule has 0 spiro atoms. The smallest absolute Gasteiger partial charge is 0.416 e. The molecule has 0 aliphatic carbocycles. The van der Waals surface area contributed by atoms with E-state index in [9.17, 15) is 18.0 Å². The molecule has 6 nitrogen and oxygen atoms in total. The number of esters is 1. The van der Waals surface area contributed by atoms with Gasteiger partial charge in [0.25, 0.3) is 0 Å². The fourth-order valence-electron chi connectivity index (χ4n) is 3.31. The van der Waals surface area contributed by atoms with Crippen LogP contribution in [0.25, 0.3) is 0 Å². The molecule has 2 aromatic carbocycles. The van der Waals surface area contributed by atoms with Crippen LogP contribution < -0.4 is 20.1 Å². The number of thiocarbonyl (C=S) groups is 1. The van der Waals surface area contributed by atoms with Crippen molar-refractivity contribution in [1.29, 1.82) is 0 Å². The summed E-state index contributed by atoms with van der Waals surface area (Å²) >= 11 is 5.21. The van der Waals surface area contributed by atoms with E-state index in [0.29, 0.717) is 39.0 Å². The zero-order valence-electron chi connectivity index (χ0n) is 17.5. The molecule has 0 saturated carbocycles. The largest absolute Gasteiger partial charge is 0.493 e. The maximum absolute atomic E-state index is 12.9. The van der Waals surface area contributed by atoms with Gasteiger partial charge in [-0.1, -0.05) is 18.2 Å². The summed E-state index contributed by atoms with van der Waals surface area (Å²) in [6, 6.07) is 9.35. The first-order chi connectivity index (χ1) is 15.1. The van der Waals surface area contributed by atoms with Gasteiger partial charge in [-0.2, -0.15) is 13.2 Å². The van der Waals surface area contributed by atoms with Crippen molar-refractivity contribution in [3.05, 3.63) is 70.4 Å². The fourth-order valence-corrected chi connectivity index (χ4v) is 3.58. The molecule has 2 aromatic rings. The molecule has 1 unspecified atom stereocenters. The number of alkyl halides is 3. The molecule has 0 bridgehead atoms. The van der Waals surface area contributed by atoms with E-state index in [-0.39, 0.29) is 6.61 Å². The minimum Gasteiger partial charge on any atom is -0.493 e. The van der Waals surface area contributed by atoms with Crippen molar-refractivity contribution in [1.82, 2.24) is 10.6 Å². The lowest BCUT2D eigenvalue weighted by molar-refractivity contribution is -0.138. The van der Waals surface area contributed by atoms with Crippen LogP contribution in [0.1, 0.15) is 29.7 Å². The van der Waals surface area contributed by atoms with Gasteiger partial charge < -0.3 is 24.8 Å². The Morgan fingerprint density at radius 1 is 1.12 bits per heavy atom. The Labute approximate surface area is 188 Å². The molecule has 32 heavy (non-hydrogen) atoms. The van der Waals surface area contributed by atoms with Crippen molar-refractivity contribution in [2.24, 2.45) is 0 Å². The molecule has 0 saturated heterocycles. The first kappa shape index (κ1) is 23.4. The molecule has 10 heteroatoms. The standard InChI is InChI=1S/C22H21F3N2O4S/c1-12-18(20(28)30-3)19(27-21(32)26-12)14-7-8-16(17(10-14)29-2)31-11-13-5-4-6-15(9-13)22(23,24)25/h4-10,19H,11H2,1-3H3,(H2,26,27,32). The normalized spacial score (nSPS) is 16.2. The average Bonchev–Trinajstić information content (AvgIpc) is 2.76. The number of halogens is 3. The molecular weight excluding hydrogens is 445 g/mol. The monoisotopic (exact) mass is 466 g/mol. The molecule has 170 valence electrons. The highest BCUT2D eigenvalue weighted by molar-refractivity contribution is 7.80. The highest BCUT2D eigenvalue weighted by atomic mass is 32.1. The number of ether oxygens (including phenoxy) is 3. The number of hydrogen-bond donors (Lipinski definition) is 2. The number of carbonyl (C=O) groups is 1. The van der Waals surface area contributed by atoms with Gasteiger partial charge in [0.05, 0.1) is 31.4 Å². The first-order valence-corrected chi connectivity index (χ1v) is 9.88. The van der Waals surface area contributed by atoms with Crippen molar-refractivity contribution in [3.63, 3.8) is 0 Å². The Balaban J connectivity index is 1.86. The van der Waals surface area contributed by atoms with Crippen molar-refractivity contribution in [3.8, 4) is 11.5 Å². The molecule has 1 atom stereocenters. The molecule has 0 radical (unpaired) electrons. The molecule has 1 aliphatic heterocycles. The van der Waals surface area contributed by atoms with Crippen molar-refractivity contribution in [2.75, 3.05) is 14.2 Å². The number of benzene rings is 2. The predicted octanol–water partition coefficient (Wildman–Crippen LogP) is 4.26. The summed E-state index contributed by atoms with van der Waals surface area (Å²) in [6.45, 7) is 1.64. The van der Waals surface area contributed by atoms with Crippen LogP contribution in [0.4, 0.5) is 13.2 Å². The average molecular weight is 466 g/mol. The Morgan fingerprint density at radius 2 is 1.88 bits per heavy atom. The number of hydrogen-bond acceptors (Lipinski definition) is 5. The summed E-state index contributed by atoms with van der Waals surface area (Å²) in [6.07, 6.45) is -4.43. The molecule has 1 heterocycles. The minimum absolute atomic E-state index is 0.0816. The summed E-state index contributed by atoms with van der Waals surface area (Å²) in [5, 5.41) is 6.29. The van der Waals surface area contributed by atoms with Crippen LogP contribution in [0.15, 0.2) is 53.7 Å². The van der Waals surface area contributed by atoms with E-state index in [1.165, 1.54) is 20.3 Å². The van der Waals surface area contributed by atoms with Crippen LogP contribution in [0.2, 0.25) is 0 Å². The van der Waals surface area contributed by atoms with Crippen molar-refractivity contribution < 1.29 is 32.2 Å². The SMILES string of the molecule is COC(=O)C1=C(C)NC(=S)NC1c1ccc(OCc2cccc(C(F)(F)F)c2)c(OC)c1. The second-order valence-corrected chi connectivity index (χ2v) is 7.37. The Kier molecular flexibility index (Phi) is 6.93. The van der Waals surface area contributed by atoms with E-state index in [1.54, 1.807) is 31.2 Å². The van der Waals surface area contributed by atoms with Gasteiger partial charge >= 0.3 is 12.1 Å². The van der Waals surface area contributed by atoms with Crippen LogP contribution in [-0.2, 0) is 22.3 Å². The van der Waals surface area contributed by atoms with E-state index >= 15 is 0 Å². The molecule has 0 fully saturated rings. The fraction of sp³-hybridized carbons (Fsp3) is 0.273. The van der Waals surface area contributed by atoms with Gasteiger partial charge in [-0.05, 0) is 54.5 Å². The minimum atomic E-state index is -4.43. The number of rotatable bonds is 6. The second kappa shape index (κ2) is 9.47. The highest BCUT2D eigenvalue weighted by Crippen LogP contribution is 2.35. The maximum atomic E-state index is 12.9. The van der Waals surface area contributed by atoms with E-state index in [2.05, 4.69) is 10.6 Å². The van der Waals surface area contributed by atoms with Crippen molar-refractivity contribution >= 4 is 23.3 Å². The van der Waals surface area contributed by atoms with Crippen LogP contribution in [0, 0.1) is 0 Å². The highest BCUT2D eigenvalue weighted by Gasteiger charge is 2.32. The van der Waals surface area contributed by atoms with Crippen LogP contribution in [0.3, 0.4) is 0 Å². The zero-order chi connectivity index (χ0) is 23.5. The summed E-state index contributed by atoms with van der Waals surface area (Å²) in [4.78, 5) is 12.3. The topological polar surface area (TPSA) is 68.8 Å². The van der Waals surface area contributed by atoms with Gasteiger partial charge in [0.2, 0.25) is 0 Å². The lowest BCUT2D eigenvalue weighted by atomic mass is 9.95. The lowest BCUT2D eigenvalue weighted by Gasteiger charge is -2.30. The van der Waals surface area contributed by atoms with E-state index < -0.39 is 23.8 Å². The number of nitrogens with one attached hydrogen (secondary N) is 2. The maximum Gasteiger partial charge on any atom is 0.416 e. The summed E-state index contributed by atoms with van der Waals surface area (Å²) in [7, 11) is 2.73. The summed E-state index contributed by atoms with van der Waals surface area (Å²) < 4.78 is 54.8. The molecule has 0 amide bonds. The van der Waals surface area contributed by atoms with E-state index in [4.69, 9.17) is 26.4 Å². The van der Waals surface area contributed by atoms with Gasteiger partial charge in [-0.25, -0.2) is 4.79 Å². The Morgan fingerprint density at radius 3 is 2.53 bits per heavy atom. The van der Waals surface area contributed by atoms with Gasteiger partial charge in [0.15, 0.2) is 16.6 Å². The predicted molar refractivity (Wildman–Crippen MR) is 115 cm³/mol. The third kappa shape index (κ3) is 5.13. The number of carbonyl (C=O) groups excluding carboxylic acids is 1. The summed E-state index contributed by atoms with van der Waals surface area (Å²) in [5.74, 6) is 0.173. The van der Waals surface area contributed by atoms with Gasteiger partial charge in [-0.3, -0.25) is 0 Å². The summed E-state index contributed by atoms with van der Waals surface area (Å²) in [5.41, 5.74) is 1.21. The van der Waals surface area contributed by atoms with Crippen LogP contribution >= 0.6 is 12.2 Å². The van der Waals surface area contributed by atoms with Crippen LogP contribution in [-0.4, -0.2) is 25.3 Å². The van der Waals surface area contributed by atoms with E-state index in [0.717, 1.165) is 12.1 Å². The zero-order valence-corrected chi connectivity index (χ0v) is 18.3. The Bertz CT molecular complexity index is 1070. The third-order valence-corrected chi connectivity index (χ3v) is 5.06. The van der Waals surface area contributed by atoms with Gasteiger partial charge in [0.1, 0.15) is 6.61 Å². The third-order valence-electron chi connectivity index (χ3n) is 4.84. The quantitative estimate of drug-likeness (QED) is 0.487. The van der Waals surface area contributed by atoms with Gasteiger partial charge in [-0.15, -0.1) is 0 Å². The van der Waals surface area contributed by atoms with Crippen LogP contribution in [0.5, 0.6) is 11.5 Å². The number of methoxy groups -OCH3 is 2.